The molecule has 0 aliphatic heterocycles. The summed E-state index contributed by atoms with van der Waals surface area (Å²) < 4.78 is 5.34. The Hall–Kier alpha value is -2.13. The Morgan fingerprint density at radius 1 is 1.56 bits per heavy atom. The predicted molar refractivity (Wildman–Crippen MR) is 66.4 cm³/mol. The van der Waals surface area contributed by atoms with Crippen molar-refractivity contribution in [2.45, 2.75) is 19.9 Å². The maximum absolute atomic E-state index is 10.8. The molecular formula is C12H15N3O3. The van der Waals surface area contributed by atoms with E-state index < -0.39 is 4.92 Å². The average molecular weight is 249 g/mol. The van der Waals surface area contributed by atoms with Crippen LogP contribution >= 0.6 is 0 Å². The molecule has 1 aromatic carbocycles. The van der Waals surface area contributed by atoms with Crippen LogP contribution in [0.25, 0.3) is 0 Å². The van der Waals surface area contributed by atoms with Gasteiger partial charge in [-0.3, -0.25) is 10.1 Å². The normalized spacial score (nSPS) is 10.1. The highest BCUT2D eigenvalue weighted by molar-refractivity contribution is 5.51. The first kappa shape index (κ1) is 13.9. The van der Waals surface area contributed by atoms with Crippen molar-refractivity contribution in [1.29, 1.82) is 5.26 Å². The van der Waals surface area contributed by atoms with Gasteiger partial charge in [-0.05, 0) is 6.07 Å². The van der Waals surface area contributed by atoms with Crippen molar-refractivity contribution in [2.24, 2.45) is 0 Å². The third-order valence-corrected chi connectivity index (χ3v) is 2.20. The Morgan fingerprint density at radius 2 is 2.28 bits per heavy atom. The van der Waals surface area contributed by atoms with Gasteiger partial charge in [-0.15, -0.1) is 0 Å². The lowest BCUT2D eigenvalue weighted by molar-refractivity contribution is -0.385. The van der Waals surface area contributed by atoms with E-state index in [4.69, 9.17) is 10.00 Å². The first-order valence-electron chi connectivity index (χ1n) is 5.59. The smallest absolute Gasteiger partial charge is 0.311 e. The van der Waals surface area contributed by atoms with Gasteiger partial charge in [-0.25, -0.2) is 0 Å². The molecule has 0 heterocycles. The number of nitriles is 1. The van der Waals surface area contributed by atoms with E-state index in [0.29, 0.717) is 24.8 Å². The molecule has 0 amide bonds. The lowest BCUT2D eigenvalue weighted by atomic mass is 10.2. The monoisotopic (exact) mass is 249 g/mol. The zero-order chi connectivity index (χ0) is 13.5. The van der Waals surface area contributed by atoms with E-state index in [0.717, 1.165) is 0 Å². The fraction of sp³-hybridized carbons (Fsp3) is 0.417. The van der Waals surface area contributed by atoms with Crippen LogP contribution in [0.3, 0.4) is 0 Å². The van der Waals surface area contributed by atoms with Crippen LogP contribution < -0.4 is 10.1 Å². The van der Waals surface area contributed by atoms with Crippen molar-refractivity contribution in [3.05, 3.63) is 33.9 Å². The Labute approximate surface area is 105 Å². The molecule has 6 heteroatoms. The number of ether oxygens (including phenoxy) is 1. The largest absolute Gasteiger partial charge is 0.485 e. The van der Waals surface area contributed by atoms with Crippen molar-refractivity contribution in [3.63, 3.8) is 0 Å². The molecule has 1 aromatic rings. The van der Waals surface area contributed by atoms with Crippen LogP contribution in [-0.2, 0) is 0 Å². The molecule has 0 radical (unpaired) electrons. The second-order valence-corrected chi connectivity index (χ2v) is 4.01. The van der Waals surface area contributed by atoms with Gasteiger partial charge in [0.25, 0.3) is 0 Å². The standard InChI is InChI=1S/C12H15N3O3/c1-9(2)14-5-6-18-12-7-10(8-13)3-4-11(12)15(16)17/h3-4,7,9,14H,5-6H2,1-2H3. The summed E-state index contributed by atoms with van der Waals surface area (Å²) in [5, 5.41) is 22.7. The minimum absolute atomic E-state index is 0.126. The molecule has 0 spiro atoms. The maximum Gasteiger partial charge on any atom is 0.311 e. The molecule has 0 unspecified atom stereocenters. The number of benzene rings is 1. The second kappa shape index (κ2) is 6.57. The number of hydrogen-bond acceptors (Lipinski definition) is 5. The van der Waals surface area contributed by atoms with Crippen LogP contribution in [0.4, 0.5) is 5.69 Å². The van der Waals surface area contributed by atoms with Gasteiger partial charge in [0.1, 0.15) is 6.61 Å². The molecule has 0 atom stereocenters. The van der Waals surface area contributed by atoms with Crippen LogP contribution in [0.2, 0.25) is 0 Å². The first-order chi connectivity index (χ1) is 8.54. The highest BCUT2D eigenvalue weighted by atomic mass is 16.6. The highest BCUT2D eigenvalue weighted by Gasteiger charge is 2.15. The molecule has 0 aromatic heterocycles. The van der Waals surface area contributed by atoms with Gasteiger partial charge < -0.3 is 10.1 Å². The van der Waals surface area contributed by atoms with E-state index in [2.05, 4.69) is 5.32 Å². The molecule has 0 bridgehead atoms. The quantitative estimate of drug-likeness (QED) is 0.472. The summed E-state index contributed by atoms with van der Waals surface area (Å²) >= 11 is 0. The number of hydrogen-bond donors (Lipinski definition) is 1. The Morgan fingerprint density at radius 3 is 2.83 bits per heavy atom. The van der Waals surface area contributed by atoms with Crippen LogP contribution in [0.5, 0.6) is 5.75 Å². The van der Waals surface area contributed by atoms with Gasteiger partial charge in [0.05, 0.1) is 16.6 Å². The van der Waals surface area contributed by atoms with Crippen molar-refractivity contribution in [2.75, 3.05) is 13.2 Å². The Balaban J connectivity index is 2.73. The van der Waals surface area contributed by atoms with Crippen LogP contribution in [0.15, 0.2) is 18.2 Å². The summed E-state index contributed by atoms with van der Waals surface area (Å²) in [5.41, 5.74) is 0.214. The first-order valence-corrected chi connectivity index (χ1v) is 5.59. The molecule has 96 valence electrons. The van der Waals surface area contributed by atoms with E-state index in [1.807, 2.05) is 19.9 Å². The fourth-order valence-electron chi connectivity index (χ4n) is 1.36. The van der Waals surface area contributed by atoms with E-state index in [9.17, 15) is 10.1 Å². The van der Waals surface area contributed by atoms with Crippen LogP contribution in [0, 0.1) is 21.4 Å². The van der Waals surface area contributed by atoms with E-state index in [1.165, 1.54) is 18.2 Å². The van der Waals surface area contributed by atoms with E-state index in [1.54, 1.807) is 0 Å². The summed E-state index contributed by atoms with van der Waals surface area (Å²) in [5.74, 6) is 0.129. The molecule has 1 N–H and O–H groups in total. The van der Waals surface area contributed by atoms with Gasteiger partial charge in [-0.1, -0.05) is 13.8 Å². The lowest BCUT2D eigenvalue weighted by Gasteiger charge is -2.10. The highest BCUT2D eigenvalue weighted by Crippen LogP contribution is 2.27. The summed E-state index contributed by atoms with van der Waals surface area (Å²) in [6.45, 7) is 4.90. The third-order valence-electron chi connectivity index (χ3n) is 2.20. The molecule has 6 nitrogen and oxygen atoms in total. The number of nitrogens with zero attached hydrogens (tertiary/aromatic N) is 2. The van der Waals surface area contributed by atoms with Gasteiger partial charge in [0, 0.05) is 24.7 Å². The molecule has 18 heavy (non-hydrogen) atoms. The van der Waals surface area contributed by atoms with Crippen LogP contribution in [0.1, 0.15) is 19.4 Å². The average Bonchev–Trinajstić information content (AvgIpc) is 2.33. The minimum atomic E-state index is -0.521. The number of nitrogens with one attached hydrogen (secondary N) is 1. The number of nitro benzene ring substituents is 1. The van der Waals surface area contributed by atoms with Crippen molar-refractivity contribution >= 4 is 5.69 Å². The molecule has 1 rings (SSSR count). The van der Waals surface area contributed by atoms with Gasteiger partial charge in [-0.2, -0.15) is 5.26 Å². The van der Waals surface area contributed by atoms with Crippen molar-refractivity contribution in [3.8, 4) is 11.8 Å². The van der Waals surface area contributed by atoms with Crippen LogP contribution in [-0.4, -0.2) is 24.1 Å². The summed E-state index contributed by atoms with van der Waals surface area (Å²) in [4.78, 5) is 10.3. The summed E-state index contributed by atoms with van der Waals surface area (Å²) in [7, 11) is 0. The van der Waals surface area contributed by atoms with Crippen molar-refractivity contribution < 1.29 is 9.66 Å². The van der Waals surface area contributed by atoms with E-state index in [-0.39, 0.29) is 11.4 Å². The number of nitro groups is 1. The molecule has 0 aliphatic rings. The maximum atomic E-state index is 10.8. The SMILES string of the molecule is CC(C)NCCOc1cc(C#N)ccc1[N+](=O)[O-]. The predicted octanol–water partition coefficient (Wildman–Crippen LogP) is 1.84. The van der Waals surface area contributed by atoms with Gasteiger partial charge in [0.2, 0.25) is 0 Å². The number of rotatable bonds is 6. The fourth-order valence-corrected chi connectivity index (χ4v) is 1.36. The molecule has 0 saturated carbocycles. The van der Waals surface area contributed by atoms with E-state index >= 15 is 0 Å². The second-order valence-electron chi connectivity index (χ2n) is 4.01. The lowest BCUT2D eigenvalue weighted by Crippen LogP contribution is -2.27. The molecule has 0 saturated heterocycles. The van der Waals surface area contributed by atoms with Crippen molar-refractivity contribution in [1.82, 2.24) is 5.32 Å². The Kier molecular flexibility index (Phi) is 5.08. The summed E-state index contributed by atoms with van der Waals surface area (Å²) in [6, 6.07) is 6.32. The zero-order valence-corrected chi connectivity index (χ0v) is 10.3. The molecular weight excluding hydrogens is 234 g/mol. The molecule has 0 fully saturated rings. The zero-order valence-electron chi connectivity index (χ0n) is 10.3. The van der Waals surface area contributed by atoms with Gasteiger partial charge in [0.15, 0.2) is 5.75 Å². The topological polar surface area (TPSA) is 88.2 Å². The molecule has 0 aliphatic carbocycles. The summed E-state index contributed by atoms with van der Waals surface area (Å²) in [6.07, 6.45) is 0. The third kappa shape index (κ3) is 4.03. The van der Waals surface area contributed by atoms with Gasteiger partial charge >= 0.3 is 5.69 Å². The Bertz CT molecular complexity index is 466. The minimum Gasteiger partial charge on any atom is -0.485 e.